The summed E-state index contributed by atoms with van der Waals surface area (Å²) in [6.45, 7) is -0.0191. The lowest BCUT2D eigenvalue weighted by atomic mass is 10.2. The quantitative estimate of drug-likeness (QED) is 0.658. The number of thiazole rings is 1. The van der Waals surface area contributed by atoms with Gasteiger partial charge in [-0.25, -0.2) is 26.6 Å². The first kappa shape index (κ1) is 18.2. The fraction of sp³-hybridized carbons (Fsp3) is 0.0625. The molecule has 0 aliphatic rings. The molecule has 136 valence electrons. The molecular formula is C16H12F3N3O2S2. The maximum absolute atomic E-state index is 14.2. The van der Waals surface area contributed by atoms with Crippen LogP contribution in [0.1, 0.15) is 5.56 Å². The lowest BCUT2D eigenvalue weighted by molar-refractivity contribution is 0.521. The van der Waals surface area contributed by atoms with Gasteiger partial charge in [-0.1, -0.05) is 18.2 Å². The highest BCUT2D eigenvalue weighted by Gasteiger charge is 2.25. The van der Waals surface area contributed by atoms with Gasteiger partial charge in [0.15, 0.2) is 10.7 Å². The van der Waals surface area contributed by atoms with Crippen molar-refractivity contribution in [2.24, 2.45) is 0 Å². The number of anilines is 2. The number of halogens is 3. The lowest BCUT2D eigenvalue weighted by Gasteiger charge is -2.11. The van der Waals surface area contributed by atoms with E-state index in [0.29, 0.717) is 5.56 Å². The van der Waals surface area contributed by atoms with Crippen molar-refractivity contribution in [1.29, 1.82) is 0 Å². The topological polar surface area (TPSA) is 71.1 Å². The zero-order valence-electron chi connectivity index (χ0n) is 13.0. The first-order valence-electron chi connectivity index (χ1n) is 7.24. The molecule has 26 heavy (non-hydrogen) atoms. The third-order valence-corrected chi connectivity index (χ3v) is 5.37. The Labute approximate surface area is 151 Å². The van der Waals surface area contributed by atoms with Crippen LogP contribution in [0, 0.1) is 17.5 Å². The fourth-order valence-electron chi connectivity index (χ4n) is 2.21. The SMILES string of the molecule is O=S(=O)(Nc1cscn1)c1c(F)cc(NCc2ccccc2F)cc1F. The highest BCUT2D eigenvalue weighted by Crippen LogP contribution is 2.25. The van der Waals surface area contributed by atoms with Crippen molar-refractivity contribution < 1.29 is 21.6 Å². The van der Waals surface area contributed by atoms with Crippen LogP contribution in [-0.4, -0.2) is 13.4 Å². The molecule has 2 aromatic carbocycles. The first-order chi connectivity index (χ1) is 12.4. The second-order valence-electron chi connectivity index (χ2n) is 5.19. The summed E-state index contributed by atoms with van der Waals surface area (Å²) in [5.41, 5.74) is 1.66. The molecule has 5 nitrogen and oxygen atoms in total. The summed E-state index contributed by atoms with van der Waals surface area (Å²) in [5, 5.41) is 4.05. The van der Waals surface area contributed by atoms with Gasteiger partial charge in [-0.15, -0.1) is 11.3 Å². The van der Waals surface area contributed by atoms with Gasteiger partial charge in [0.1, 0.15) is 17.5 Å². The van der Waals surface area contributed by atoms with E-state index in [1.54, 1.807) is 6.07 Å². The van der Waals surface area contributed by atoms with Crippen LogP contribution in [0.3, 0.4) is 0 Å². The number of hydrogen-bond donors (Lipinski definition) is 2. The van der Waals surface area contributed by atoms with E-state index in [-0.39, 0.29) is 18.1 Å². The van der Waals surface area contributed by atoms with Gasteiger partial charge >= 0.3 is 0 Å². The zero-order chi connectivity index (χ0) is 18.7. The smallest absolute Gasteiger partial charge is 0.268 e. The summed E-state index contributed by atoms with van der Waals surface area (Å²) in [7, 11) is -4.48. The van der Waals surface area contributed by atoms with Crippen LogP contribution >= 0.6 is 11.3 Å². The Morgan fingerprint density at radius 2 is 1.73 bits per heavy atom. The van der Waals surface area contributed by atoms with E-state index in [4.69, 9.17) is 0 Å². The summed E-state index contributed by atoms with van der Waals surface area (Å²) in [4.78, 5) is 2.60. The largest absolute Gasteiger partial charge is 0.381 e. The Morgan fingerprint density at radius 3 is 2.35 bits per heavy atom. The van der Waals surface area contributed by atoms with Gasteiger partial charge < -0.3 is 5.32 Å². The Balaban J connectivity index is 1.83. The summed E-state index contributed by atoms with van der Waals surface area (Å²) in [6.07, 6.45) is 0. The standard InChI is InChI=1S/C16H12F3N3O2S2/c17-12-4-2-1-3-10(12)7-20-11-5-13(18)16(14(19)6-11)26(23,24)22-15-8-25-9-21-15/h1-6,8-9,20,22H,7H2. The summed E-state index contributed by atoms with van der Waals surface area (Å²) >= 11 is 1.13. The summed E-state index contributed by atoms with van der Waals surface area (Å²) in [5.74, 6) is -3.05. The van der Waals surface area contributed by atoms with E-state index in [9.17, 15) is 21.6 Å². The molecule has 0 spiro atoms. The van der Waals surface area contributed by atoms with Crippen LogP contribution in [0.4, 0.5) is 24.7 Å². The van der Waals surface area contributed by atoms with E-state index >= 15 is 0 Å². The molecule has 3 aromatic rings. The van der Waals surface area contributed by atoms with E-state index in [1.165, 1.54) is 29.1 Å². The van der Waals surface area contributed by atoms with Gasteiger partial charge in [-0.05, 0) is 18.2 Å². The summed E-state index contributed by atoms with van der Waals surface area (Å²) < 4.78 is 68.4. The number of aromatic nitrogens is 1. The van der Waals surface area contributed by atoms with Crippen LogP contribution in [0.25, 0.3) is 0 Å². The Kier molecular flexibility index (Phi) is 5.14. The number of nitrogens with zero attached hydrogens (tertiary/aromatic N) is 1. The molecule has 2 N–H and O–H groups in total. The number of sulfonamides is 1. The van der Waals surface area contributed by atoms with Gasteiger partial charge in [0.05, 0.1) is 5.51 Å². The highest BCUT2D eigenvalue weighted by molar-refractivity contribution is 7.92. The Morgan fingerprint density at radius 1 is 1.04 bits per heavy atom. The van der Waals surface area contributed by atoms with Gasteiger partial charge in [-0.2, -0.15) is 0 Å². The zero-order valence-corrected chi connectivity index (χ0v) is 14.7. The molecule has 1 heterocycles. The van der Waals surface area contributed by atoms with Gasteiger partial charge in [0.25, 0.3) is 10.0 Å². The van der Waals surface area contributed by atoms with Crippen molar-refractivity contribution in [1.82, 2.24) is 4.98 Å². The van der Waals surface area contributed by atoms with Crippen LogP contribution < -0.4 is 10.0 Å². The third-order valence-electron chi connectivity index (χ3n) is 3.38. The van der Waals surface area contributed by atoms with Crippen LogP contribution in [0.2, 0.25) is 0 Å². The van der Waals surface area contributed by atoms with Gasteiger partial charge in [-0.3, -0.25) is 4.72 Å². The number of hydrogen-bond acceptors (Lipinski definition) is 5. The Bertz CT molecular complexity index is 1000. The van der Waals surface area contributed by atoms with Crippen molar-refractivity contribution in [3.8, 4) is 0 Å². The minimum Gasteiger partial charge on any atom is -0.381 e. The molecular weight excluding hydrogens is 387 g/mol. The molecule has 0 aliphatic heterocycles. The van der Waals surface area contributed by atoms with Crippen LogP contribution in [0.5, 0.6) is 0 Å². The normalized spacial score (nSPS) is 11.3. The number of benzene rings is 2. The van der Waals surface area contributed by atoms with Crippen molar-refractivity contribution in [2.75, 3.05) is 10.0 Å². The number of nitrogens with one attached hydrogen (secondary N) is 2. The third kappa shape index (κ3) is 3.97. The van der Waals surface area contributed by atoms with E-state index in [1.807, 2.05) is 4.72 Å². The Hall–Kier alpha value is -2.59. The highest BCUT2D eigenvalue weighted by atomic mass is 32.2. The predicted molar refractivity (Wildman–Crippen MR) is 93.0 cm³/mol. The van der Waals surface area contributed by atoms with Gasteiger partial charge in [0, 0.05) is 23.2 Å². The maximum atomic E-state index is 14.2. The van der Waals surface area contributed by atoms with Crippen molar-refractivity contribution in [3.05, 3.63) is 70.3 Å². The van der Waals surface area contributed by atoms with Crippen molar-refractivity contribution in [3.63, 3.8) is 0 Å². The monoisotopic (exact) mass is 399 g/mol. The van der Waals surface area contributed by atoms with Crippen LogP contribution in [0.15, 0.2) is 52.2 Å². The second kappa shape index (κ2) is 7.34. The first-order valence-corrected chi connectivity index (χ1v) is 9.67. The van der Waals surface area contributed by atoms with Crippen molar-refractivity contribution >= 4 is 32.9 Å². The average molecular weight is 399 g/mol. The molecule has 0 radical (unpaired) electrons. The molecule has 1 aromatic heterocycles. The number of rotatable bonds is 6. The molecule has 0 saturated carbocycles. The minimum absolute atomic E-state index is 0.0177. The molecule has 3 rings (SSSR count). The average Bonchev–Trinajstić information content (AvgIpc) is 3.05. The van der Waals surface area contributed by atoms with E-state index in [0.717, 1.165) is 23.5 Å². The molecule has 0 aliphatic carbocycles. The summed E-state index contributed by atoms with van der Waals surface area (Å²) in [6, 6.07) is 7.59. The fourth-order valence-corrected chi connectivity index (χ4v) is 3.89. The predicted octanol–water partition coefficient (Wildman–Crippen LogP) is 3.97. The molecule has 0 unspecified atom stereocenters. The van der Waals surface area contributed by atoms with Crippen LogP contribution in [-0.2, 0) is 16.6 Å². The molecule has 0 saturated heterocycles. The molecule has 0 atom stereocenters. The molecule has 0 amide bonds. The maximum Gasteiger partial charge on any atom is 0.268 e. The molecule has 0 bridgehead atoms. The lowest BCUT2D eigenvalue weighted by Crippen LogP contribution is -2.17. The molecule has 10 heteroatoms. The van der Waals surface area contributed by atoms with E-state index < -0.39 is 32.4 Å². The van der Waals surface area contributed by atoms with Gasteiger partial charge in [0.2, 0.25) is 0 Å². The molecule has 0 fully saturated rings. The van der Waals surface area contributed by atoms with Crippen molar-refractivity contribution in [2.45, 2.75) is 11.4 Å². The minimum atomic E-state index is -4.48. The van der Waals surface area contributed by atoms with E-state index in [2.05, 4.69) is 10.3 Å². The second-order valence-corrected chi connectivity index (χ2v) is 7.53.